The van der Waals surface area contributed by atoms with Gasteiger partial charge in [-0.05, 0) is 76.0 Å². The molecule has 31 heavy (non-hydrogen) atoms. The van der Waals surface area contributed by atoms with E-state index in [9.17, 15) is 0 Å². The summed E-state index contributed by atoms with van der Waals surface area (Å²) in [4.78, 5) is 3.30. The zero-order chi connectivity index (χ0) is 21.4. The number of nitrogens with zero attached hydrogens (tertiary/aromatic N) is 2. The number of rotatable bonds is 5. The number of aromatic nitrogens is 1. The molecule has 0 radical (unpaired) electrons. The summed E-state index contributed by atoms with van der Waals surface area (Å²) in [6, 6.07) is 25.6. The Kier molecular flexibility index (Phi) is 5.71. The number of halogens is 1. The van der Waals surface area contributed by atoms with E-state index in [1.54, 1.807) is 7.11 Å². The quantitative estimate of drug-likeness (QED) is 0.228. The summed E-state index contributed by atoms with van der Waals surface area (Å²) in [7, 11) is 1.70. The Bertz CT molecular complexity index is 1250. The fraction of sp³-hybridized carbons (Fsp3) is 0.192. The maximum atomic E-state index is 6.08. The molecule has 5 heteroatoms. The number of thiocarbonyl (C=S) groups is 1. The lowest BCUT2D eigenvalue weighted by Gasteiger charge is -2.31. The predicted molar refractivity (Wildman–Crippen MR) is 139 cm³/mol. The van der Waals surface area contributed by atoms with E-state index >= 15 is 0 Å². The van der Waals surface area contributed by atoms with E-state index in [1.165, 1.54) is 36.9 Å². The van der Waals surface area contributed by atoms with Crippen molar-refractivity contribution in [1.82, 2.24) is 9.47 Å². The second-order valence-electron chi connectivity index (χ2n) is 7.89. The number of hydrogen-bond donors (Lipinski definition) is 0. The van der Waals surface area contributed by atoms with Crippen LogP contribution in [0.2, 0.25) is 0 Å². The molecule has 2 heterocycles. The van der Waals surface area contributed by atoms with Crippen molar-refractivity contribution < 1.29 is 4.74 Å². The van der Waals surface area contributed by atoms with Gasteiger partial charge in [0.15, 0.2) is 0 Å². The van der Waals surface area contributed by atoms with E-state index < -0.39 is 0 Å². The minimum absolute atomic E-state index is 0.787. The molecule has 0 bridgehead atoms. The van der Waals surface area contributed by atoms with Gasteiger partial charge in [-0.15, -0.1) is 0 Å². The predicted octanol–water partition coefficient (Wildman–Crippen LogP) is 6.04. The second kappa shape index (κ2) is 8.63. The highest BCUT2D eigenvalue weighted by atomic mass is 127. The van der Waals surface area contributed by atoms with E-state index in [-0.39, 0.29) is 0 Å². The first kappa shape index (κ1) is 20.5. The van der Waals surface area contributed by atoms with E-state index in [0.717, 1.165) is 36.8 Å². The van der Waals surface area contributed by atoms with Crippen LogP contribution in [-0.2, 0) is 19.5 Å². The van der Waals surface area contributed by atoms with Crippen LogP contribution in [0.25, 0.3) is 10.9 Å². The first-order valence-electron chi connectivity index (χ1n) is 10.4. The largest absolute Gasteiger partial charge is 0.497 e. The molecule has 0 atom stereocenters. The van der Waals surface area contributed by atoms with Crippen LogP contribution in [0.1, 0.15) is 22.4 Å². The van der Waals surface area contributed by atoms with Crippen LogP contribution >= 0.6 is 34.8 Å². The Hall–Kier alpha value is -2.38. The highest BCUT2D eigenvalue weighted by molar-refractivity contribution is 14.1. The molecule has 1 aliphatic rings. The Morgan fingerprint density at radius 2 is 1.68 bits per heavy atom. The third kappa shape index (κ3) is 3.96. The van der Waals surface area contributed by atoms with Gasteiger partial charge in [0, 0.05) is 34.1 Å². The maximum Gasteiger partial charge on any atom is 0.126 e. The fourth-order valence-corrected chi connectivity index (χ4v) is 5.30. The summed E-state index contributed by atoms with van der Waals surface area (Å²) in [5.74, 6) is 0.877. The van der Waals surface area contributed by atoms with E-state index in [2.05, 4.69) is 92.7 Å². The molecule has 3 aromatic carbocycles. The minimum atomic E-state index is 0.787. The van der Waals surface area contributed by atoms with Crippen molar-refractivity contribution in [1.29, 1.82) is 0 Å². The van der Waals surface area contributed by atoms with Crippen LogP contribution in [0.3, 0.4) is 0 Å². The molecule has 5 rings (SSSR count). The van der Waals surface area contributed by atoms with Gasteiger partial charge in [0.1, 0.15) is 10.7 Å². The summed E-state index contributed by atoms with van der Waals surface area (Å²) >= 11 is 8.48. The molecule has 0 spiro atoms. The van der Waals surface area contributed by atoms with Crippen molar-refractivity contribution in [2.75, 3.05) is 13.7 Å². The van der Waals surface area contributed by atoms with Gasteiger partial charge in [-0.1, -0.05) is 54.7 Å². The molecule has 0 unspecified atom stereocenters. The lowest BCUT2D eigenvalue weighted by molar-refractivity contribution is 0.412. The summed E-state index contributed by atoms with van der Waals surface area (Å²) in [5, 5.41) is 1.33. The van der Waals surface area contributed by atoms with Gasteiger partial charge in [-0.3, -0.25) is 0 Å². The Morgan fingerprint density at radius 1 is 0.935 bits per heavy atom. The first-order chi connectivity index (χ1) is 15.1. The molecule has 156 valence electrons. The lowest BCUT2D eigenvalue weighted by Crippen LogP contribution is -2.37. The van der Waals surface area contributed by atoms with Crippen molar-refractivity contribution in [2.24, 2.45) is 0 Å². The molecule has 0 aliphatic carbocycles. The van der Waals surface area contributed by atoms with Gasteiger partial charge >= 0.3 is 0 Å². The SMILES string of the molecule is COc1ccc(Cn2c3c(c4cc(I)ccc42)CCN(Cc2ccccc2)C3=S)cc1. The highest BCUT2D eigenvalue weighted by Gasteiger charge is 2.28. The van der Waals surface area contributed by atoms with Crippen LogP contribution in [0, 0.1) is 3.57 Å². The number of ether oxygens (including phenoxy) is 1. The van der Waals surface area contributed by atoms with E-state index in [1.807, 2.05) is 12.1 Å². The number of methoxy groups -OCH3 is 1. The molecule has 0 saturated heterocycles. The van der Waals surface area contributed by atoms with Crippen molar-refractivity contribution in [3.05, 3.63) is 98.8 Å². The van der Waals surface area contributed by atoms with Gasteiger partial charge in [0.05, 0.1) is 12.8 Å². The van der Waals surface area contributed by atoms with Crippen LogP contribution in [-0.4, -0.2) is 28.1 Å². The fourth-order valence-electron chi connectivity index (χ4n) is 4.42. The van der Waals surface area contributed by atoms with Crippen LogP contribution in [0.4, 0.5) is 0 Å². The average Bonchev–Trinajstić information content (AvgIpc) is 3.10. The molecule has 0 N–H and O–H groups in total. The average molecular weight is 538 g/mol. The van der Waals surface area contributed by atoms with Crippen LogP contribution in [0.5, 0.6) is 5.75 Å². The van der Waals surface area contributed by atoms with Gasteiger partial charge in [0.2, 0.25) is 0 Å². The monoisotopic (exact) mass is 538 g/mol. The van der Waals surface area contributed by atoms with Gasteiger partial charge < -0.3 is 14.2 Å². The molecular formula is C26H23IN2OS. The molecular weight excluding hydrogens is 515 g/mol. The van der Waals surface area contributed by atoms with E-state index in [4.69, 9.17) is 17.0 Å². The van der Waals surface area contributed by atoms with Crippen LogP contribution in [0.15, 0.2) is 72.8 Å². The van der Waals surface area contributed by atoms with Gasteiger partial charge in [0.25, 0.3) is 0 Å². The number of fused-ring (bicyclic) bond motifs is 3. The van der Waals surface area contributed by atoms with Gasteiger partial charge in [-0.25, -0.2) is 0 Å². The molecule has 3 nitrogen and oxygen atoms in total. The third-order valence-corrected chi connectivity index (χ3v) is 7.09. The normalized spacial score (nSPS) is 13.5. The zero-order valence-electron chi connectivity index (χ0n) is 17.3. The van der Waals surface area contributed by atoms with Gasteiger partial charge in [-0.2, -0.15) is 0 Å². The molecule has 1 aromatic heterocycles. The van der Waals surface area contributed by atoms with Crippen molar-refractivity contribution in [3.63, 3.8) is 0 Å². The van der Waals surface area contributed by atoms with Crippen molar-refractivity contribution in [2.45, 2.75) is 19.5 Å². The Morgan fingerprint density at radius 3 is 2.42 bits per heavy atom. The topological polar surface area (TPSA) is 17.4 Å². The van der Waals surface area contributed by atoms with E-state index in [0.29, 0.717) is 0 Å². The van der Waals surface area contributed by atoms with Crippen LogP contribution < -0.4 is 4.74 Å². The molecule has 0 fully saturated rings. The summed E-state index contributed by atoms with van der Waals surface area (Å²) < 4.78 is 8.99. The molecule has 1 aliphatic heterocycles. The lowest BCUT2D eigenvalue weighted by atomic mass is 10.0. The van der Waals surface area contributed by atoms with Crippen molar-refractivity contribution >= 4 is 50.7 Å². The minimum Gasteiger partial charge on any atom is -0.497 e. The molecule has 4 aromatic rings. The Labute approximate surface area is 201 Å². The zero-order valence-corrected chi connectivity index (χ0v) is 20.3. The van der Waals surface area contributed by atoms with Crippen molar-refractivity contribution in [3.8, 4) is 5.75 Å². The summed E-state index contributed by atoms with van der Waals surface area (Å²) in [5.41, 5.74) is 6.37. The molecule has 0 saturated carbocycles. The molecule has 0 amide bonds. The maximum absolute atomic E-state index is 6.08. The smallest absolute Gasteiger partial charge is 0.126 e. The summed E-state index contributed by atoms with van der Waals surface area (Å²) in [6.07, 6.45) is 1.01. The highest BCUT2D eigenvalue weighted by Crippen LogP contribution is 2.33. The third-order valence-electron chi connectivity index (χ3n) is 5.97. The standard InChI is InChI=1S/C26H23IN2OS/c1-30-21-10-7-19(8-11-21)17-29-24-12-9-20(27)15-23(24)22-13-14-28(26(31)25(22)29)16-18-5-3-2-4-6-18/h2-12,15H,13-14,16-17H2,1H3. The number of benzene rings is 3. The Balaban J connectivity index is 1.57. The summed E-state index contributed by atoms with van der Waals surface area (Å²) in [6.45, 7) is 2.59. The first-order valence-corrected chi connectivity index (χ1v) is 11.9. The second-order valence-corrected chi connectivity index (χ2v) is 9.52. The number of hydrogen-bond acceptors (Lipinski definition) is 2.